The molecule has 0 aliphatic carbocycles. The summed E-state index contributed by atoms with van der Waals surface area (Å²) in [7, 11) is 0. The van der Waals surface area contributed by atoms with E-state index in [9.17, 15) is 19.7 Å². The van der Waals surface area contributed by atoms with Gasteiger partial charge >= 0.3 is 5.00 Å². The fraction of sp³-hybridized carbons (Fsp3) is 0.0435. The van der Waals surface area contributed by atoms with Crippen LogP contribution in [0.15, 0.2) is 75.2 Å². The Balaban J connectivity index is 1.59. The normalized spacial score (nSPS) is 11.4. The average Bonchev–Trinajstić information content (AvgIpc) is 3.48. The largest absolute Gasteiger partial charge is 0.463 e. The third-order valence-corrected chi connectivity index (χ3v) is 6.93. The van der Waals surface area contributed by atoms with Crippen LogP contribution in [0.4, 0.5) is 10.1 Å². The summed E-state index contributed by atoms with van der Waals surface area (Å²) in [4.78, 5) is 41.3. The molecule has 1 amide bonds. The van der Waals surface area contributed by atoms with Crippen LogP contribution in [0.5, 0.6) is 0 Å². The quantitative estimate of drug-likeness (QED) is 0.186. The molecule has 0 saturated carbocycles. The van der Waals surface area contributed by atoms with E-state index in [1.165, 1.54) is 35.9 Å². The second-order valence-corrected chi connectivity index (χ2v) is 9.31. The number of carbonyl (C=O) groups excluding carboxylic acids is 1. The summed E-state index contributed by atoms with van der Waals surface area (Å²) < 4.78 is 6.37. The third kappa shape index (κ3) is 3.98. The number of hydrogen-bond acceptors (Lipinski definition) is 9. The molecule has 2 aromatic carbocycles. The van der Waals surface area contributed by atoms with Gasteiger partial charge in [0, 0.05) is 6.07 Å². The number of carbonyl (C=O) groups is 1. The first kappa shape index (κ1) is 21.6. The lowest BCUT2D eigenvalue weighted by atomic mass is 10.2. The second-order valence-electron chi connectivity index (χ2n) is 7.24. The molecule has 3 heterocycles. The lowest BCUT2D eigenvalue weighted by Crippen LogP contribution is -2.25. The van der Waals surface area contributed by atoms with Crippen molar-refractivity contribution >= 4 is 66.1 Å². The molecule has 0 saturated heterocycles. The monoisotopic (exact) mass is 490 g/mol. The SMILES string of the molecule is Cc1ccc2nc(N(/N=C/c3coc4ccccc4c3=O)C(=O)c3ccc([N+](=O)[O-])s3)sc2c1. The predicted molar refractivity (Wildman–Crippen MR) is 132 cm³/mol. The summed E-state index contributed by atoms with van der Waals surface area (Å²) in [6.45, 7) is 1.95. The number of hydrazone groups is 1. The van der Waals surface area contributed by atoms with Crippen LogP contribution in [0.3, 0.4) is 0 Å². The van der Waals surface area contributed by atoms with Gasteiger partial charge in [-0.2, -0.15) is 10.1 Å². The maximum atomic E-state index is 13.3. The highest BCUT2D eigenvalue weighted by Crippen LogP contribution is 2.32. The third-order valence-electron chi connectivity index (χ3n) is 4.91. The van der Waals surface area contributed by atoms with E-state index in [-0.39, 0.29) is 26.0 Å². The van der Waals surface area contributed by atoms with E-state index in [1.807, 2.05) is 25.1 Å². The molecule has 34 heavy (non-hydrogen) atoms. The van der Waals surface area contributed by atoms with Crippen molar-refractivity contribution in [2.45, 2.75) is 6.92 Å². The molecule has 168 valence electrons. The van der Waals surface area contributed by atoms with Crippen molar-refractivity contribution in [1.29, 1.82) is 0 Å². The predicted octanol–water partition coefficient (Wildman–Crippen LogP) is 5.36. The summed E-state index contributed by atoms with van der Waals surface area (Å²) in [5, 5.41) is 16.9. The first-order valence-electron chi connectivity index (χ1n) is 9.91. The van der Waals surface area contributed by atoms with Crippen LogP contribution < -0.4 is 10.4 Å². The molecule has 9 nitrogen and oxygen atoms in total. The highest BCUT2D eigenvalue weighted by Gasteiger charge is 2.25. The van der Waals surface area contributed by atoms with Gasteiger partial charge in [0.2, 0.25) is 10.6 Å². The van der Waals surface area contributed by atoms with E-state index >= 15 is 0 Å². The minimum absolute atomic E-state index is 0.116. The van der Waals surface area contributed by atoms with Crippen LogP contribution in [0, 0.1) is 17.0 Å². The van der Waals surface area contributed by atoms with Crippen molar-refractivity contribution in [1.82, 2.24) is 4.98 Å². The Bertz CT molecular complexity index is 1670. The van der Waals surface area contributed by atoms with Crippen molar-refractivity contribution < 1.29 is 14.1 Å². The summed E-state index contributed by atoms with van der Waals surface area (Å²) in [5.41, 5.74) is 1.99. The number of para-hydroxylation sites is 1. The maximum Gasteiger partial charge on any atom is 0.324 e. The Morgan fingerprint density at radius 3 is 2.79 bits per heavy atom. The van der Waals surface area contributed by atoms with Crippen molar-refractivity contribution in [3.63, 3.8) is 0 Å². The number of hydrogen-bond donors (Lipinski definition) is 0. The molecule has 5 aromatic rings. The molecular weight excluding hydrogens is 476 g/mol. The Kier molecular flexibility index (Phi) is 5.48. The summed E-state index contributed by atoms with van der Waals surface area (Å²) in [5.74, 6) is -0.602. The molecule has 0 N–H and O–H groups in total. The number of anilines is 1. The van der Waals surface area contributed by atoms with Gasteiger partial charge in [-0.25, -0.2) is 4.98 Å². The van der Waals surface area contributed by atoms with E-state index < -0.39 is 10.8 Å². The number of rotatable bonds is 5. The number of thiophene rings is 1. The van der Waals surface area contributed by atoms with Crippen molar-refractivity contribution in [2.75, 3.05) is 5.01 Å². The molecule has 0 aliphatic rings. The van der Waals surface area contributed by atoms with Gasteiger partial charge in [0.15, 0.2) is 0 Å². The molecule has 0 atom stereocenters. The van der Waals surface area contributed by atoms with Crippen LogP contribution >= 0.6 is 22.7 Å². The van der Waals surface area contributed by atoms with Crippen molar-refractivity contribution in [3.8, 4) is 0 Å². The van der Waals surface area contributed by atoms with Crippen molar-refractivity contribution in [2.24, 2.45) is 5.10 Å². The lowest BCUT2D eigenvalue weighted by Gasteiger charge is -2.12. The number of aryl methyl sites for hydroxylation is 1. The topological polar surface area (TPSA) is 119 Å². The van der Waals surface area contributed by atoms with E-state index in [1.54, 1.807) is 24.3 Å². The molecule has 0 fully saturated rings. The van der Waals surface area contributed by atoms with Gasteiger partial charge in [0.25, 0.3) is 5.91 Å². The van der Waals surface area contributed by atoms with E-state index in [2.05, 4.69) is 10.1 Å². The molecule has 0 bridgehead atoms. The number of amides is 1. The Morgan fingerprint density at radius 2 is 2.00 bits per heavy atom. The zero-order valence-electron chi connectivity index (χ0n) is 17.5. The maximum absolute atomic E-state index is 13.3. The zero-order valence-corrected chi connectivity index (χ0v) is 19.1. The fourth-order valence-electron chi connectivity index (χ4n) is 3.25. The fourth-order valence-corrected chi connectivity index (χ4v) is 5.01. The Hall–Kier alpha value is -4.22. The van der Waals surface area contributed by atoms with Crippen LogP contribution in [-0.2, 0) is 0 Å². The number of nitro groups is 1. The smallest absolute Gasteiger partial charge is 0.324 e. The van der Waals surface area contributed by atoms with Gasteiger partial charge < -0.3 is 4.42 Å². The number of thiazole rings is 1. The molecular formula is C23H14N4O5S2. The standard InChI is InChI=1S/C23H14N4O5S2/c1-13-6-7-16-19(10-13)34-23(25-16)26(22(29)18-8-9-20(33-18)27(30)31)24-11-14-12-32-17-5-3-2-4-15(17)21(14)28/h2-12H,1H3/b24-11+. The molecule has 5 rings (SSSR count). The van der Waals surface area contributed by atoms with Crippen LogP contribution in [0.25, 0.3) is 21.2 Å². The van der Waals surface area contributed by atoms with E-state index in [0.29, 0.717) is 16.5 Å². The van der Waals surface area contributed by atoms with Gasteiger partial charge in [0.1, 0.15) is 16.7 Å². The highest BCUT2D eigenvalue weighted by molar-refractivity contribution is 7.22. The average molecular weight is 491 g/mol. The summed E-state index contributed by atoms with van der Waals surface area (Å²) >= 11 is 1.99. The number of fused-ring (bicyclic) bond motifs is 2. The molecule has 11 heteroatoms. The molecule has 3 aromatic heterocycles. The van der Waals surface area contributed by atoms with Crippen molar-refractivity contribution in [3.05, 3.63) is 97.2 Å². The first-order valence-corrected chi connectivity index (χ1v) is 11.5. The first-order chi connectivity index (χ1) is 16.4. The van der Waals surface area contributed by atoms with Gasteiger partial charge in [-0.15, -0.1) is 0 Å². The minimum atomic E-state index is -0.602. The summed E-state index contributed by atoms with van der Waals surface area (Å²) in [6, 6.07) is 15.1. The molecule has 0 spiro atoms. The van der Waals surface area contributed by atoms with Crippen LogP contribution in [-0.4, -0.2) is 22.0 Å². The molecule has 0 unspecified atom stereocenters. The highest BCUT2D eigenvalue weighted by atomic mass is 32.1. The number of aromatic nitrogens is 1. The lowest BCUT2D eigenvalue weighted by molar-refractivity contribution is -0.380. The van der Waals surface area contributed by atoms with Gasteiger partial charge in [0.05, 0.1) is 32.3 Å². The van der Waals surface area contributed by atoms with Crippen LogP contribution in [0.1, 0.15) is 20.8 Å². The second kappa shape index (κ2) is 8.61. The van der Waals surface area contributed by atoms with Gasteiger partial charge in [-0.05, 0) is 42.8 Å². The summed E-state index contributed by atoms with van der Waals surface area (Å²) in [6.07, 6.45) is 2.50. The Morgan fingerprint density at radius 1 is 1.18 bits per heavy atom. The zero-order chi connectivity index (χ0) is 23.8. The number of benzene rings is 2. The van der Waals surface area contributed by atoms with E-state index in [4.69, 9.17) is 4.42 Å². The minimum Gasteiger partial charge on any atom is -0.463 e. The van der Waals surface area contributed by atoms with Gasteiger partial charge in [-0.1, -0.05) is 40.9 Å². The number of nitrogens with zero attached hydrogens (tertiary/aromatic N) is 4. The van der Waals surface area contributed by atoms with Crippen LogP contribution in [0.2, 0.25) is 0 Å². The van der Waals surface area contributed by atoms with Gasteiger partial charge in [-0.3, -0.25) is 19.7 Å². The molecule has 0 aliphatic heterocycles. The Labute approximate surface area is 199 Å². The molecule has 0 radical (unpaired) electrons. The van der Waals surface area contributed by atoms with E-state index in [0.717, 1.165) is 26.6 Å².